The minimum atomic E-state index is -0.479. The fourth-order valence-electron chi connectivity index (χ4n) is 5.95. The molecule has 1 aromatic carbocycles. The van der Waals surface area contributed by atoms with Crippen molar-refractivity contribution >= 4 is 11.9 Å². The second-order valence-electron chi connectivity index (χ2n) is 12.2. The van der Waals surface area contributed by atoms with Crippen LogP contribution in [0.4, 0.5) is 0 Å². The molecule has 1 amide bonds. The van der Waals surface area contributed by atoms with Gasteiger partial charge in [0.05, 0.1) is 6.04 Å². The van der Waals surface area contributed by atoms with E-state index in [-0.39, 0.29) is 29.5 Å². The molecule has 2 aliphatic rings. The van der Waals surface area contributed by atoms with Gasteiger partial charge >= 0.3 is 5.97 Å². The molecule has 3 rings (SSSR count). The lowest BCUT2D eigenvalue weighted by molar-refractivity contribution is -0.153. The van der Waals surface area contributed by atoms with E-state index in [0.29, 0.717) is 37.8 Å². The lowest BCUT2D eigenvalue weighted by Crippen LogP contribution is -2.60. The number of piperidine rings is 1. The molecule has 1 saturated heterocycles. The third-order valence-electron chi connectivity index (χ3n) is 7.88. The van der Waals surface area contributed by atoms with E-state index in [1.165, 1.54) is 25.7 Å². The monoisotopic (exact) mass is 514 g/mol. The Bertz CT molecular complexity index is 841. The van der Waals surface area contributed by atoms with Gasteiger partial charge in [-0.3, -0.25) is 14.5 Å². The molecule has 1 heterocycles. The fraction of sp³-hybridized carbons (Fsp3) is 0.733. The van der Waals surface area contributed by atoms with Gasteiger partial charge in [-0.2, -0.15) is 0 Å². The first kappa shape index (κ1) is 29.6. The van der Waals surface area contributed by atoms with Crippen molar-refractivity contribution in [3.05, 3.63) is 35.9 Å². The van der Waals surface area contributed by atoms with Gasteiger partial charge < -0.3 is 21.5 Å². The maximum absolute atomic E-state index is 13.5. The largest absolute Gasteiger partial charge is 0.459 e. The molecule has 2 fully saturated rings. The molecule has 0 radical (unpaired) electrons. The van der Waals surface area contributed by atoms with Crippen LogP contribution in [-0.4, -0.2) is 60.1 Å². The van der Waals surface area contributed by atoms with Gasteiger partial charge in [0, 0.05) is 31.1 Å². The van der Waals surface area contributed by atoms with Crippen molar-refractivity contribution in [1.29, 1.82) is 0 Å². The van der Waals surface area contributed by atoms with Gasteiger partial charge in [0.25, 0.3) is 0 Å². The number of benzene rings is 1. The Labute approximate surface area is 224 Å². The van der Waals surface area contributed by atoms with E-state index < -0.39 is 6.10 Å². The van der Waals surface area contributed by atoms with Crippen LogP contribution in [0.3, 0.4) is 0 Å². The average molecular weight is 515 g/mol. The van der Waals surface area contributed by atoms with Gasteiger partial charge in [0.15, 0.2) is 0 Å². The number of nitrogens with zero attached hydrogens (tertiary/aromatic N) is 1. The van der Waals surface area contributed by atoms with Crippen LogP contribution in [0.15, 0.2) is 30.3 Å². The van der Waals surface area contributed by atoms with Crippen LogP contribution in [0.2, 0.25) is 0 Å². The van der Waals surface area contributed by atoms with E-state index in [0.717, 1.165) is 37.8 Å². The summed E-state index contributed by atoms with van der Waals surface area (Å²) in [5.41, 5.74) is 13.1. The second-order valence-corrected chi connectivity index (χ2v) is 12.2. The smallest absolute Gasteiger partial charge is 0.306 e. The van der Waals surface area contributed by atoms with Gasteiger partial charge in [-0.15, -0.1) is 0 Å². The normalized spacial score (nSPS) is 24.1. The molecule has 7 nitrogen and oxygen atoms in total. The van der Waals surface area contributed by atoms with Gasteiger partial charge in [0.2, 0.25) is 5.91 Å². The van der Waals surface area contributed by atoms with Crippen LogP contribution in [0, 0.1) is 11.8 Å². The number of unbranched alkanes of at least 4 members (excludes halogenated alkanes) is 2. The summed E-state index contributed by atoms with van der Waals surface area (Å²) in [6.45, 7) is 8.03. The van der Waals surface area contributed by atoms with Crippen molar-refractivity contribution in [2.75, 3.05) is 19.6 Å². The molecule has 0 aromatic heterocycles. The highest BCUT2D eigenvalue weighted by Crippen LogP contribution is 2.39. The van der Waals surface area contributed by atoms with Crippen LogP contribution < -0.4 is 16.8 Å². The highest BCUT2D eigenvalue weighted by Gasteiger charge is 2.42. The Hall–Kier alpha value is -1.96. The zero-order chi connectivity index (χ0) is 26.8. The molecule has 1 aromatic rings. The zero-order valence-electron chi connectivity index (χ0n) is 23.3. The summed E-state index contributed by atoms with van der Waals surface area (Å²) in [4.78, 5) is 28.6. The lowest BCUT2D eigenvalue weighted by atomic mass is 9.72. The molecular formula is C30H50N4O3. The van der Waals surface area contributed by atoms with E-state index in [2.05, 4.69) is 22.3 Å². The van der Waals surface area contributed by atoms with Gasteiger partial charge in [-0.1, -0.05) is 56.0 Å². The van der Waals surface area contributed by atoms with Crippen molar-refractivity contribution in [1.82, 2.24) is 10.2 Å². The van der Waals surface area contributed by atoms with Gasteiger partial charge in [-0.05, 0) is 76.8 Å². The number of rotatable bonds is 12. The molecule has 1 aliphatic carbocycles. The summed E-state index contributed by atoms with van der Waals surface area (Å²) < 4.78 is 6.06. The van der Waals surface area contributed by atoms with E-state index in [9.17, 15) is 9.59 Å². The first-order valence-electron chi connectivity index (χ1n) is 14.4. The molecule has 7 heteroatoms. The Morgan fingerprint density at radius 3 is 2.46 bits per heavy atom. The first-order chi connectivity index (χ1) is 17.7. The molecule has 5 atom stereocenters. The number of carbonyl (C=O) groups excluding carboxylic acids is 2. The summed E-state index contributed by atoms with van der Waals surface area (Å²) in [7, 11) is 0. The second kappa shape index (κ2) is 14.3. The van der Waals surface area contributed by atoms with Gasteiger partial charge in [0.1, 0.15) is 6.10 Å². The summed E-state index contributed by atoms with van der Waals surface area (Å²) in [6.07, 6.45) is 8.86. The van der Waals surface area contributed by atoms with E-state index in [4.69, 9.17) is 16.2 Å². The van der Waals surface area contributed by atoms with Crippen LogP contribution in [0.25, 0.3) is 0 Å². The highest BCUT2D eigenvalue weighted by atomic mass is 16.5. The molecular weight excluding hydrogens is 464 g/mol. The number of nitrogens with one attached hydrogen (secondary N) is 1. The van der Waals surface area contributed by atoms with E-state index >= 15 is 0 Å². The highest BCUT2D eigenvalue weighted by molar-refractivity contribution is 5.82. The summed E-state index contributed by atoms with van der Waals surface area (Å²) in [5.74, 6) is 1.03. The molecule has 1 saturated carbocycles. The van der Waals surface area contributed by atoms with Crippen LogP contribution in [0.1, 0.15) is 84.1 Å². The van der Waals surface area contributed by atoms with Gasteiger partial charge in [-0.25, -0.2) is 0 Å². The molecule has 5 N–H and O–H groups in total. The SMILES string of the molecule is CC(C)(C)NC(=O)[C@@H]1C[C@@H]2CCCC[C@@H]2CN1C[C@@H](OC(=O)CCCCCN)[C@@H](N)Cc1ccccc1. The summed E-state index contributed by atoms with van der Waals surface area (Å²) in [5, 5.41) is 3.21. The predicted octanol–water partition coefficient (Wildman–Crippen LogP) is 3.78. The Morgan fingerprint density at radius 2 is 1.78 bits per heavy atom. The Kier molecular flexibility index (Phi) is 11.4. The minimum Gasteiger partial charge on any atom is -0.459 e. The molecule has 1 aliphatic heterocycles. The topological polar surface area (TPSA) is 111 Å². The Balaban J connectivity index is 1.76. The number of hydrogen-bond donors (Lipinski definition) is 3. The van der Waals surface area contributed by atoms with Crippen LogP contribution >= 0.6 is 0 Å². The third-order valence-corrected chi connectivity index (χ3v) is 7.88. The fourth-order valence-corrected chi connectivity index (χ4v) is 5.95. The molecule has 0 bridgehead atoms. The van der Waals surface area contributed by atoms with Crippen molar-refractivity contribution in [2.45, 2.75) is 109 Å². The minimum absolute atomic E-state index is 0.0695. The molecule has 0 unspecified atom stereocenters. The lowest BCUT2D eigenvalue weighted by Gasteiger charge is -2.47. The van der Waals surface area contributed by atoms with E-state index in [1.807, 2.05) is 39.0 Å². The van der Waals surface area contributed by atoms with Crippen molar-refractivity contribution in [3.63, 3.8) is 0 Å². The number of likely N-dealkylation sites (tertiary alicyclic amines) is 1. The molecule has 37 heavy (non-hydrogen) atoms. The van der Waals surface area contributed by atoms with Crippen molar-refractivity contribution < 1.29 is 14.3 Å². The maximum atomic E-state index is 13.5. The molecule has 0 spiro atoms. The number of nitrogens with two attached hydrogens (primary N) is 2. The predicted molar refractivity (Wildman–Crippen MR) is 149 cm³/mol. The average Bonchev–Trinajstić information content (AvgIpc) is 2.85. The number of carbonyl (C=O) groups is 2. The summed E-state index contributed by atoms with van der Waals surface area (Å²) >= 11 is 0. The standard InChI is InChI=1S/C30H50N4O3/c1-30(2,3)33-29(36)26-19-23-14-9-10-15-24(23)20-34(26)21-27(37-28(35)16-8-5-11-17-31)25(32)18-22-12-6-4-7-13-22/h4,6-7,12-13,23-27H,5,8-11,14-21,31-32H2,1-3H3,(H,33,36)/t23-,24+,25-,26-,27+/m0/s1. The molecule has 208 valence electrons. The third kappa shape index (κ3) is 9.69. The number of esters is 1. The Morgan fingerprint density at radius 1 is 1.08 bits per heavy atom. The van der Waals surface area contributed by atoms with Crippen molar-refractivity contribution in [2.24, 2.45) is 23.3 Å². The number of fused-ring (bicyclic) bond motifs is 1. The maximum Gasteiger partial charge on any atom is 0.306 e. The quantitative estimate of drug-likeness (QED) is 0.289. The first-order valence-corrected chi connectivity index (χ1v) is 14.4. The number of ether oxygens (including phenoxy) is 1. The van der Waals surface area contributed by atoms with E-state index in [1.54, 1.807) is 0 Å². The summed E-state index contributed by atoms with van der Waals surface area (Å²) in [6, 6.07) is 9.51. The van der Waals surface area contributed by atoms with Crippen LogP contribution in [-0.2, 0) is 20.7 Å². The number of amides is 1. The van der Waals surface area contributed by atoms with Crippen molar-refractivity contribution in [3.8, 4) is 0 Å². The van der Waals surface area contributed by atoms with Crippen LogP contribution in [0.5, 0.6) is 0 Å². The zero-order valence-corrected chi connectivity index (χ0v) is 23.3. The number of hydrogen-bond acceptors (Lipinski definition) is 6.